The second kappa shape index (κ2) is 5.82. The van der Waals surface area contributed by atoms with Crippen molar-refractivity contribution in [3.8, 4) is 28.3 Å². The topological polar surface area (TPSA) is 50.4 Å². The van der Waals surface area contributed by atoms with Gasteiger partial charge in [0.1, 0.15) is 5.75 Å². The summed E-state index contributed by atoms with van der Waals surface area (Å²) in [5, 5.41) is 10.3. The van der Waals surface area contributed by atoms with Gasteiger partial charge in [0.05, 0.1) is 16.4 Å². The lowest BCUT2D eigenvalue weighted by atomic mass is 10.0. The summed E-state index contributed by atoms with van der Waals surface area (Å²) in [6, 6.07) is 14.8. The first-order valence-corrected chi connectivity index (χ1v) is 7.97. The Morgan fingerprint density at radius 2 is 1.75 bits per heavy atom. The third-order valence-electron chi connectivity index (χ3n) is 3.77. The molecule has 0 aliphatic heterocycles. The van der Waals surface area contributed by atoms with Crippen LogP contribution in [0.1, 0.15) is 0 Å². The van der Waals surface area contributed by atoms with E-state index in [9.17, 15) is 5.11 Å². The molecule has 0 radical (unpaired) electrons. The lowest BCUT2D eigenvalue weighted by Gasteiger charge is -2.13. The van der Waals surface area contributed by atoms with Gasteiger partial charge < -0.3 is 5.11 Å². The molecule has 6 heteroatoms. The number of benzene rings is 2. The molecule has 0 saturated carbocycles. The third-order valence-corrected chi connectivity index (χ3v) is 4.33. The van der Waals surface area contributed by atoms with E-state index in [0.717, 1.165) is 16.8 Å². The normalized spacial score (nSPS) is 11.1. The van der Waals surface area contributed by atoms with Crippen LogP contribution in [0.3, 0.4) is 0 Å². The molecule has 0 amide bonds. The lowest BCUT2D eigenvalue weighted by molar-refractivity contribution is 0.475. The fraction of sp³-hybridized carbons (Fsp3) is 0. The molecular formula is C18H11Cl2N3O. The van der Waals surface area contributed by atoms with Crippen molar-refractivity contribution in [3.05, 3.63) is 71.1 Å². The SMILES string of the molecule is Oc1ccc(-c2c(-c3ccccc3)nc(Cl)c3nccn23)cc1Cl. The fourth-order valence-electron chi connectivity index (χ4n) is 2.68. The Labute approximate surface area is 148 Å². The Morgan fingerprint density at radius 1 is 0.958 bits per heavy atom. The maximum Gasteiger partial charge on any atom is 0.175 e. The molecule has 0 bridgehead atoms. The summed E-state index contributed by atoms with van der Waals surface area (Å²) < 4.78 is 1.88. The van der Waals surface area contributed by atoms with Crippen LogP contribution in [0.2, 0.25) is 10.2 Å². The number of phenols is 1. The Kier molecular flexibility index (Phi) is 3.63. The zero-order valence-electron chi connectivity index (χ0n) is 12.3. The van der Waals surface area contributed by atoms with E-state index in [1.54, 1.807) is 24.4 Å². The number of aromatic nitrogens is 3. The number of aromatic hydroxyl groups is 1. The van der Waals surface area contributed by atoms with Crippen molar-refractivity contribution < 1.29 is 5.11 Å². The van der Waals surface area contributed by atoms with Crippen molar-refractivity contribution >= 4 is 28.8 Å². The average molecular weight is 356 g/mol. The quantitative estimate of drug-likeness (QED) is 0.545. The van der Waals surface area contributed by atoms with Crippen LogP contribution in [0.15, 0.2) is 60.9 Å². The van der Waals surface area contributed by atoms with E-state index in [0.29, 0.717) is 16.5 Å². The summed E-state index contributed by atoms with van der Waals surface area (Å²) in [4.78, 5) is 8.81. The second-order valence-corrected chi connectivity index (χ2v) is 6.02. The highest BCUT2D eigenvalue weighted by Gasteiger charge is 2.17. The molecule has 2 aromatic heterocycles. The molecule has 2 aromatic carbocycles. The van der Waals surface area contributed by atoms with E-state index in [1.165, 1.54) is 0 Å². The van der Waals surface area contributed by atoms with Gasteiger partial charge in [0, 0.05) is 23.5 Å². The molecular weight excluding hydrogens is 345 g/mol. The highest BCUT2D eigenvalue weighted by molar-refractivity contribution is 6.33. The van der Waals surface area contributed by atoms with Crippen molar-refractivity contribution in [3.63, 3.8) is 0 Å². The van der Waals surface area contributed by atoms with Crippen molar-refractivity contribution in [2.45, 2.75) is 0 Å². The van der Waals surface area contributed by atoms with Crippen molar-refractivity contribution in [1.29, 1.82) is 0 Å². The van der Waals surface area contributed by atoms with Gasteiger partial charge in [0.25, 0.3) is 0 Å². The number of rotatable bonds is 2. The largest absolute Gasteiger partial charge is 0.506 e. The van der Waals surface area contributed by atoms with E-state index in [4.69, 9.17) is 23.2 Å². The number of phenolic OH excluding ortho intramolecular Hbond substituents is 1. The first-order chi connectivity index (χ1) is 11.6. The van der Waals surface area contributed by atoms with E-state index < -0.39 is 0 Å². The number of fused-ring (bicyclic) bond motifs is 1. The zero-order chi connectivity index (χ0) is 16.7. The lowest BCUT2D eigenvalue weighted by Crippen LogP contribution is -1.99. The third kappa shape index (κ3) is 2.40. The van der Waals surface area contributed by atoms with Crippen LogP contribution in [0.4, 0.5) is 0 Å². The molecule has 24 heavy (non-hydrogen) atoms. The number of nitrogens with zero attached hydrogens (tertiary/aromatic N) is 3. The van der Waals surface area contributed by atoms with Crippen LogP contribution in [0.25, 0.3) is 28.2 Å². The monoisotopic (exact) mass is 355 g/mol. The van der Waals surface area contributed by atoms with Crippen LogP contribution in [-0.4, -0.2) is 19.5 Å². The standard InChI is InChI=1S/C18H11Cl2N3O/c19-13-10-12(6-7-14(13)24)16-15(11-4-2-1-3-5-11)22-17(20)18-21-8-9-23(16)18/h1-10,24H. The number of imidazole rings is 1. The summed E-state index contributed by atoms with van der Waals surface area (Å²) in [6.07, 6.45) is 3.49. The van der Waals surface area contributed by atoms with Gasteiger partial charge in [-0.3, -0.25) is 4.40 Å². The molecule has 0 fully saturated rings. The zero-order valence-corrected chi connectivity index (χ0v) is 13.8. The predicted octanol–water partition coefficient (Wildman–Crippen LogP) is 5.08. The van der Waals surface area contributed by atoms with Crippen molar-refractivity contribution in [2.24, 2.45) is 0 Å². The first-order valence-electron chi connectivity index (χ1n) is 7.22. The number of halogens is 2. The van der Waals surface area contributed by atoms with Crippen molar-refractivity contribution in [1.82, 2.24) is 14.4 Å². The average Bonchev–Trinajstić information content (AvgIpc) is 3.08. The molecule has 4 aromatic rings. The Morgan fingerprint density at radius 3 is 2.50 bits per heavy atom. The molecule has 0 aliphatic rings. The molecule has 0 spiro atoms. The summed E-state index contributed by atoms with van der Waals surface area (Å²) in [5.41, 5.74) is 3.82. The maximum atomic E-state index is 9.71. The second-order valence-electron chi connectivity index (χ2n) is 5.25. The van der Waals surface area contributed by atoms with Gasteiger partial charge >= 0.3 is 0 Å². The molecule has 4 rings (SSSR count). The van der Waals surface area contributed by atoms with E-state index in [-0.39, 0.29) is 10.8 Å². The van der Waals surface area contributed by atoms with E-state index in [2.05, 4.69) is 9.97 Å². The van der Waals surface area contributed by atoms with Gasteiger partial charge in [-0.05, 0) is 18.2 Å². The molecule has 0 aliphatic carbocycles. The van der Waals surface area contributed by atoms with Crippen LogP contribution in [0.5, 0.6) is 5.75 Å². The smallest absolute Gasteiger partial charge is 0.175 e. The molecule has 118 valence electrons. The van der Waals surface area contributed by atoms with Crippen LogP contribution >= 0.6 is 23.2 Å². The van der Waals surface area contributed by atoms with Crippen molar-refractivity contribution in [2.75, 3.05) is 0 Å². The van der Waals surface area contributed by atoms with Gasteiger partial charge in [0.15, 0.2) is 10.8 Å². The Balaban J connectivity index is 2.10. The molecule has 4 nitrogen and oxygen atoms in total. The van der Waals surface area contributed by atoms with Gasteiger partial charge in [-0.25, -0.2) is 9.97 Å². The van der Waals surface area contributed by atoms with Crippen LogP contribution in [0, 0.1) is 0 Å². The minimum Gasteiger partial charge on any atom is -0.506 e. The van der Waals surface area contributed by atoms with Gasteiger partial charge in [-0.2, -0.15) is 0 Å². The summed E-state index contributed by atoms with van der Waals surface area (Å²) >= 11 is 12.4. The summed E-state index contributed by atoms with van der Waals surface area (Å²) in [6.45, 7) is 0. The van der Waals surface area contributed by atoms with Crippen LogP contribution in [-0.2, 0) is 0 Å². The number of hydrogen-bond acceptors (Lipinski definition) is 3. The Bertz CT molecular complexity index is 1050. The van der Waals surface area contributed by atoms with Crippen LogP contribution < -0.4 is 0 Å². The first kappa shape index (κ1) is 15.0. The molecule has 0 unspecified atom stereocenters. The highest BCUT2D eigenvalue weighted by Crippen LogP contribution is 2.36. The van der Waals surface area contributed by atoms with E-state index in [1.807, 2.05) is 40.9 Å². The van der Waals surface area contributed by atoms with Gasteiger partial charge in [0.2, 0.25) is 0 Å². The molecule has 2 heterocycles. The highest BCUT2D eigenvalue weighted by atomic mass is 35.5. The summed E-state index contributed by atoms with van der Waals surface area (Å²) in [5.74, 6) is 0.0328. The molecule has 1 N–H and O–H groups in total. The number of hydrogen-bond donors (Lipinski definition) is 1. The molecule has 0 atom stereocenters. The Hall–Kier alpha value is -2.56. The maximum absolute atomic E-state index is 9.71. The predicted molar refractivity (Wildman–Crippen MR) is 95.5 cm³/mol. The van der Waals surface area contributed by atoms with Gasteiger partial charge in [-0.15, -0.1) is 0 Å². The fourth-order valence-corrected chi connectivity index (χ4v) is 3.08. The summed E-state index contributed by atoms with van der Waals surface area (Å²) in [7, 11) is 0. The minimum atomic E-state index is 0.0328. The van der Waals surface area contributed by atoms with E-state index >= 15 is 0 Å². The van der Waals surface area contributed by atoms with Gasteiger partial charge in [-0.1, -0.05) is 53.5 Å². The molecule has 0 saturated heterocycles. The minimum absolute atomic E-state index is 0.0328.